The summed E-state index contributed by atoms with van der Waals surface area (Å²) >= 11 is 0. The lowest BCUT2D eigenvalue weighted by Gasteiger charge is -2.43. The third-order valence-corrected chi connectivity index (χ3v) is 9.07. The zero-order valence-corrected chi connectivity index (χ0v) is 26.0. The van der Waals surface area contributed by atoms with E-state index in [9.17, 15) is 24.5 Å². The molecule has 1 unspecified atom stereocenters. The summed E-state index contributed by atoms with van der Waals surface area (Å²) in [6, 6.07) is 36.2. The molecule has 11 nitrogen and oxygen atoms in total. The SMILES string of the molecule is N#Cc1ccc2c(c1)N(c1ccc(O)cc1)C1NC(=O)N(c3cccc(NP(=O)(Oc4ccccc4)Oc4ccccc4)c3)C(=O)C1=C2. The van der Waals surface area contributed by atoms with Gasteiger partial charge in [0.25, 0.3) is 5.91 Å². The maximum atomic E-state index is 14.2. The molecule has 2 heterocycles. The Kier molecular flexibility index (Phi) is 7.77. The standard InChI is InChI=1S/C36H26N5O6P/c37-23-24-14-15-25-21-32-34(40(33(25)20-24)27-16-18-29(42)19-17-27)38-36(44)41(35(32)43)28-9-7-8-26(22-28)39-48(45,46-30-10-3-1-4-11-30)47-31-12-5-2-6-13-31/h1-22,34,42H,(H,38,44)(H,39,45). The second-order valence-electron chi connectivity index (χ2n) is 10.8. The fourth-order valence-corrected chi connectivity index (χ4v) is 6.89. The average molecular weight is 656 g/mol. The molecule has 2 aliphatic heterocycles. The van der Waals surface area contributed by atoms with Gasteiger partial charge in [0.15, 0.2) is 0 Å². The summed E-state index contributed by atoms with van der Waals surface area (Å²) in [7, 11) is -4.10. The third kappa shape index (κ3) is 5.91. The lowest BCUT2D eigenvalue weighted by atomic mass is 9.95. The minimum Gasteiger partial charge on any atom is -0.508 e. The summed E-state index contributed by atoms with van der Waals surface area (Å²) in [5.74, 6) is 0.0843. The van der Waals surface area contributed by atoms with Crippen molar-refractivity contribution < 1.29 is 28.3 Å². The Balaban J connectivity index is 1.23. The molecule has 1 saturated heterocycles. The van der Waals surface area contributed by atoms with Crippen LogP contribution < -0.4 is 29.3 Å². The highest BCUT2D eigenvalue weighted by Crippen LogP contribution is 2.49. The van der Waals surface area contributed by atoms with Gasteiger partial charge in [0.1, 0.15) is 23.4 Å². The maximum absolute atomic E-state index is 14.2. The summed E-state index contributed by atoms with van der Waals surface area (Å²) < 4.78 is 25.8. The van der Waals surface area contributed by atoms with Crippen LogP contribution in [0, 0.1) is 11.3 Å². The van der Waals surface area contributed by atoms with Gasteiger partial charge in [0.05, 0.1) is 28.6 Å². The smallest absolute Gasteiger partial charge is 0.508 e. The second kappa shape index (κ2) is 12.4. The number of imide groups is 1. The van der Waals surface area contributed by atoms with Gasteiger partial charge in [-0.2, -0.15) is 5.26 Å². The molecule has 0 aliphatic carbocycles. The van der Waals surface area contributed by atoms with Crippen molar-refractivity contribution in [2.75, 3.05) is 14.9 Å². The van der Waals surface area contributed by atoms with Gasteiger partial charge in [-0.15, -0.1) is 0 Å². The first kappa shape index (κ1) is 30.2. The number of nitrogens with zero attached hydrogens (tertiary/aromatic N) is 3. The Bertz CT molecular complexity index is 2110. The first-order valence-electron chi connectivity index (χ1n) is 14.8. The number of benzene rings is 5. The van der Waals surface area contributed by atoms with Gasteiger partial charge in [-0.3, -0.25) is 9.88 Å². The third-order valence-electron chi connectivity index (χ3n) is 7.63. The van der Waals surface area contributed by atoms with E-state index in [1.807, 2.05) is 0 Å². The van der Waals surface area contributed by atoms with Crippen LogP contribution >= 0.6 is 7.75 Å². The van der Waals surface area contributed by atoms with E-state index in [0.29, 0.717) is 34.0 Å². The number of anilines is 4. The Morgan fingerprint density at radius 3 is 2.10 bits per heavy atom. The van der Waals surface area contributed by atoms with Gasteiger partial charge in [-0.05, 0) is 90.5 Å². The second-order valence-corrected chi connectivity index (χ2v) is 12.4. The molecule has 1 fully saturated rings. The van der Waals surface area contributed by atoms with Crippen LogP contribution in [0.25, 0.3) is 6.08 Å². The molecule has 7 rings (SSSR count). The molecule has 0 radical (unpaired) electrons. The molecule has 3 N–H and O–H groups in total. The number of carbonyl (C=O) groups excluding carboxylic acids is 2. The number of carbonyl (C=O) groups is 2. The van der Waals surface area contributed by atoms with Crippen molar-refractivity contribution in [3.8, 4) is 23.3 Å². The van der Waals surface area contributed by atoms with E-state index in [1.54, 1.807) is 120 Å². The fraction of sp³-hybridized carbons (Fsp3) is 0.0278. The van der Waals surface area contributed by atoms with E-state index in [0.717, 1.165) is 4.90 Å². The van der Waals surface area contributed by atoms with Crippen molar-refractivity contribution in [2.24, 2.45) is 0 Å². The number of aromatic hydroxyl groups is 1. The van der Waals surface area contributed by atoms with Crippen molar-refractivity contribution in [3.05, 3.63) is 144 Å². The zero-order valence-electron chi connectivity index (χ0n) is 25.1. The fourth-order valence-electron chi connectivity index (χ4n) is 5.51. The van der Waals surface area contributed by atoms with Crippen LogP contribution in [0.15, 0.2) is 133 Å². The first-order chi connectivity index (χ1) is 23.3. The molecular weight excluding hydrogens is 629 g/mol. The number of hydrogen-bond donors (Lipinski definition) is 3. The highest BCUT2D eigenvalue weighted by molar-refractivity contribution is 7.56. The molecular formula is C36H26N5O6P. The lowest BCUT2D eigenvalue weighted by Crippen LogP contribution is -2.62. The molecule has 0 bridgehead atoms. The van der Waals surface area contributed by atoms with E-state index >= 15 is 0 Å². The predicted molar refractivity (Wildman–Crippen MR) is 181 cm³/mol. The number of amides is 3. The minimum atomic E-state index is -4.10. The van der Waals surface area contributed by atoms with Gasteiger partial charge in [-0.1, -0.05) is 48.5 Å². The van der Waals surface area contributed by atoms with E-state index in [2.05, 4.69) is 16.5 Å². The summed E-state index contributed by atoms with van der Waals surface area (Å²) in [6.07, 6.45) is 0.775. The van der Waals surface area contributed by atoms with Crippen molar-refractivity contribution >= 4 is 48.5 Å². The molecule has 5 aromatic rings. The molecule has 236 valence electrons. The van der Waals surface area contributed by atoms with E-state index < -0.39 is 25.9 Å². The summed E-state index contributed by atoms with van der Waals surface area (Å²) in [6.45, 7) is 0. The molecule has 2 aliphatic rings. The van der Waals surface area contributed by atoms with Crippen LogP contribution in [0.1, 0.15) is 11.1 Å². The number of hydrogen-bond acceptors (Lipinski definition) is 8. The number of urea groups is 1. The van der Waals surface area contributed by atoms with Crippen molar-refractivity contribution in [1.82, 2.24) is 5.32 Å². The predicted octanol–water partition coefficient (Wildman–Crippen LogP) is 7.56. The number of nitriles is 1. The molecule has 1 atom stereocenters. The normalized spacial score (nSPS) is 15.3. The van der Waals surface area contributed by atoms with Crippen LogP contribution in [-0.2, 0) is 9.36 Å². The molecule has 0 saturated carbocycles. The Hall–Kier alpha value is -6.50. The number of phenols is 1. The molecule has 48 heavy (non-hydrogen) atoms. The summed E-state index contributed by atoms with van der Waals surface area (Å²) in [5, 5.41) is 25.2. The van der Waals surface area contributed by atoms with Gasteiger partial charge in [0.2, 0.25) is 0 Å². The van der Waals surface area contributed by atoms with Crippen LogP contribution in [0.3, 0.4) is 0 Å². The summed E-state index contributed by atoms with van der Waals surface area (Å²) in [5.41, 5.74) is 2.99. The quantitative estimate of drug-likeness (QED) is 0.144. The van der Waals surface area contributed by atoms with E-state index in [4.69, 9.17) is 9.05 Å². The number of fused-ring (bicyclic) bond motifs is 2. The maximum Gasteiger partial charge on any atom is 0.541 e. The van der Waals surface area contributed by atoms with Gasteiger partial charge in [-0.25, -0.2) is 14.3 Å². The summed E-state index contributed by atoms with van der Waals surface area (Å²) in [4.78, 5) is 30.6. The van der Waals surface area contributed by atoms with Crippen LogP contribution in [-0.4, -0.2) is 23.2 Å². The van der Waals surface area contributed by atoms with Crippen molar-refractivity contribution in [3.63, 3.8) is 0 Å². The molecule has 0 aromatic heterocycles. The van der Waals surface area contributed by atoms with Crippen LogP contribution in [0.4, 0.5) is 27.5 Å². The topological polar surface area (TPSA) is 144 Å². The first-order valence-corrected chi connectivity index (χ1v) is 16.3. The number of rotatable bonds is 8. The highest BCUT2D eigenvalue weighted by Gasteiger charge is 2.43. The van der Waals surface area contributed by atoms with Crippen molar-refractivity contribution in [1.29, 1.82) is 5.26 Å². The van der Waals surface area contributed by atoms with Crippen LogP contribution in [0.5, 0.6) is 17.2 Å². The Morgan fingerprint density at radius 2 is 1.46 bits per heavy atom. The van der Waals surface area contributed by atoms with Crippen LogP contribution in [0.2, 0.25) is 0 Å². The number of nitrogens with one attached hydrogen (secondary N) is 2. The van der Waals surface area contributed by atoms with Gasteiger partial charge in [0, 0.05) is 11.4 Å². The van der Waals surface area contributed by atoms with E-state index in [1.165, 1.54) is 18.2 Å². The Morgan fingerprint density at radius 1 is 0.792 bits per heavy atom. The Labute approximate surface area is 275 Å². The average Bonchev–Trinajstić information content (AvgIpc) is 3.09. The van der Waals surface area contributed by atoms with Crippen molar-refractivity contribution in [2.45, 2.75) is 6.17 Å². The minimum absolute atomic E-state index is 0.0498. The van der Waals surface area contributed by atoms with Gasteiger partial charge < -0.3 is 24.4 Å². The molecule has 0 spiro atoms. The van der Waals surface area contributed by atoms with E-state index in [-0.39, 0.29) is 22.7 Å². The number of phenolic OH excluding ortho intramolecular Hbond substituents is 1. The number of para-hydroxylation sites is 2. The lowest BCUT2D eigenvalue weighted by molar-refractivity contribution is -0.115. The zero-order chi connectivity index (χ0) is 33.3. The van der Waals surface area contributed by atoms with Gasteiger partial charge >= 0.3 is 13.8 Å². The monoisotopic (exact) mass is 655 g/mol. The molecule has 12 heteroatoms. The highest BCUT2D eigenvalue weighted by atomic mass is 31.2. The largest absolute Gasteiger partial charge is 0.541 e. The molecule has 3 amide bonds. The molecule has 5 aromatic carbocycles.